The monoisotopic (exact) mass is 189 g/mol. The van der Waals surface area contributed by atoms with E-state index >= 15 is 0 Å². The average Bonchev–Trinajstić information content (AvgIpc) is 2.61. The van der Waals surface area contributed by atoms with Crippen LogP contribution in [0, 0.1) is 0 Å². The molecule has 0 aromatic heterocycles. The Hall–Kier alpha value is -1.51. The van der Waals surface area contributed by atoms with Crippen LogP contribution in [0.2, 0.25) is 0 Å². The molecule has 0 amide bonds. The standard InChI is InChI=1S/C11H11NO2/c13-11-10-7(6-14-11)3-4-9-8(10)2-1-5-12-9/h3-4,12H,1-2,5-6H2. The summed E-state index contributed by atoms with van der Waals surface area (Å²) in [6.45, 7) is 1.45. The van der Waals surface area contributed by atoms with E-state index in [1.165, 1.54) is 0 Å². The van der Waals surface area contributed by atoms with E-state index in [2.05, 4.69) is 11.4 Å². The van der Waals surface area contributed by atoms with Gasteiger partial charge < -0.3 is 10.1 Å². The Morgan fingerprint density at radius 3 is 3.21 bits per heavy atom. The number of esters is 1. The van der Waals surface area contributed by atoms with E-state index < -0.39 is 0 Å². The molecular formula is C11H11NO2. The van der Waals surface area contributed by atoms with E-state index in [0.29, 0.717) is 6.61 Å². The van der Waals surface area contributed by atoms with Crippen LogP contribution in [0.3, 0.4) is 0 Å². The van der Waals surface area contributed by atoms with Crippen LogP contribution in [0.1, 0.15) is 27.9 Å². The molecule has 0 atom stereocenters. The third-order valence-corrected chi connectivity index (χ3v) is 2.88. The Morgan fingerprint density at radius 1 is 1.36 bits per heavy atom. The van der Waals surface area contributed by atoms with Crippen molar-refractivity contribution in [1.82, 2.24) is 0 Å². The molecule has 72 valence electrons. The third-order valence-electron chi connectivity index (χ3n) is 2.88. The molecule has 0 bridgehead atoms. The zero-order valence-corrected chi connectivity index (χ0v) is 7.80. The minimum atomic E-state index is -0.152. The number of cyclic esters (lactones) is 1. The molecule has 2 aliphatic rings. The molecule has 1 aromatic carbocycles. The number of benzene rings is 1. The first-order chi connectivity index (χ1) is 6.86. The number of carbonyl (C=O) groups excluding carboxylic acids is 1. The summed E-state index contributed by atoms with van der Waals surface area (Å²) in [6.07, 6.45) is 2.08. The molecule has 14 heavy (non-hydrogen) atoms. The molecule has 0 radical (unpaired) electrons. The molecule has 0 saturated heterocycles. The SMILES string of the molecule is O=C1OCc2ccc3c(c21)CCCN3. The topological polar surface area (TPSA) is 38.3 Å². The molecule has 0 fully saturated rings. The van der Waals surface area contributed by atoms with Gasteiger partial charge in [0.25, 0.3) is 0 Å². The summed E-state index contributed by atoms with van der Waals surface area (Å²) in [7, 11) is 0. The lowest BCUT2D eigenvalue weighted by molar-refractivity contribution is 0.0534. The highest BCUT2D eigenvalue weighted by Gasteiger charge is 2.27. The lowest BCUT2D eigenvalue weighted by Crippen LogP contribution is -2.14. The van der Waals surface area contributed by atoms with Gasteiger partial charge in [-0.25, -0.2) is 4.79 Å². The molecule has 1 aromatic rings. The van der Waals surface area contributed by atoms with E-state index in [1.54, 1.807) is 0 Å². The van der Waals surface area contributed by atoms with Crippen molar-refractivity contribution in [1.29, 1.82) is 0 Å². The second kappa shape index (κ2) is 2.74. The van der Waals surface area contributed by atoms with Gasteiger partial charge in [0.05, 0.1) is 5.56 Å². The first-order valence-corrected chi connectivity index (χ1v) is 4.92. The van der Waals surface area contributed by atoms with Gasteiger partial charge in [0.15, 0.2) is 0 Å². The maximum absolute atomic E-state index is 11.5. The lowest BCUT2D eigenvalue weighted by atomic mass is 9.95. The van der Waals surface area contributed by atoms with E-state index in [1.807, 2.05) is 6.07 Å². The highest BCUT2D eigenvalue weighted by atomic mass is 16.5. The first kappa shape index (κ1) is 7.85. The number of nitrogens with one attached hydrogen (secondary N) is 1. The van der Waals surface area contributed by atoms with E-state index in [0.717, 1.165) is 41.8 Å². The summed E-state index contributed by atoms with van der Waals surface area (Å²) in [4.78, 5) is 11.5. The van der Waals surface area contributed by atoms with Gasteiger partial charge in [0.2, 0.25) is 0 Å². The van der Waals surface area contributed by atoms with Crippen molar-refractivity contribution in [3.05, 3.63) is 28.8 Å². The van der Waals surface area contributed by atoms with Crippen molar-refractivity contribution in [3.8, 4) is 0 Å². The molecule has 3 rings (SSSR count). The van der Waals surface area contributed by atoms with Crippen molar-refractivity contribution in [2.24, 2.45) is 0 Å². The minimum Gasteiger partial charge on any atom is -0.457 e. The Labute approximate surface area is 82.1 Å². The van der Waals surface area contributed by atoms with Crippen LogP contribution in [0.25, 0.3) is 0 Å². The molecule has 2 heterocycles. The summed E-state index contributed by atoms with van der Waals surface area (Å²) < 4.78 is 5.02. The summed E-state index contributed by atoms with van der Waals surface area (Å²) in [5.74, 6) is -0.152. The van der Waals surface area contributed by atoms with Gasteiger partial charge in [0.1, 0.15) is 6.61 Å². The Morgan fingerprint density at radius 2 is 2.29 bits per heavy atom. The summed E-state index contributed by atoms with van der Waals surface area (Å²) in [5, 5.41) is 3.31. The quantitative estimate of drug-likeness (QED) is 0.631. The number of anilines is 1. The van der Waals surface area contributed by atoms with Crippen LogP contribution in [0.15, 0.2) is 12.1 Å². The Bertz CT molecular complexity index is 412. The van der Waals surface area contributed by atoms with Crippen molar-refractivity contribution in [3.63, 3.8) is 0 Å². The first-order valence-electron chi connectivity index (χ1n) is 4.92. The fourth-order valence-corrected chi connectivity index (χ4v) is 2.20. The number of hydrogen-bond acceptors (Lipinski definition) is 3. The molecule has 0 aliphatic carbocycles. The molecule has 0 saturated carbocycles. The highest BCUT2D eigenvalue weighted by molar-refractivity contribution is 5.96. The average molecular weight is 189 g/mol. The number of hydrogen-bond donors (Lipinski definition) is 1. The summed E-state index contributed by atoms with van der Waals surface area (Å²) in [6, 6.07) is 4.03. The maximum atomic E-state index is 11.5. The lowest BCUT2D eigenvalue weighted by Gasteiger charge is -2.19. The van der Waals surface area contributed by atoms with Gasteiger partial charge in [-0.05, 0) is 24.5 Å². The predicted molar refractivity (Wildman–Crippen MR) is 52.4 cm³/mol. The second-order valence-electron chi connectivity index (χ2n) is 3.73. The molecule has 0 unspecified atom stereocenters. The largest absolute Gasteiger partial charge is 0.457 e. The van der Waals surface area contributed by atoms with Crippen LogP contribution in [0.4, 0.5) is 5.69 Å². The summed E-state index contributed by atoms with van der Waals surface area (Å²) >= 11 is 0. The number of rotatable bonds is 0. The second-order valence-corrected chi connectivity index (χ2v) is 3.73. The fourth-order valence-electron chi connectivity index (χ4n) is 2.20. The fraction of sp³-hybridized carbons (Fsp3) is 0.364. The zero-order chi connectivity index (χ0) is 9.54. The maximum Gasteiger partial charge on any atom is 0.339 e. The minimum absolute atomic E-state index is 0.152. The van der Waals surface area contributed by atoms with Crippen molar-refractivity contribution < 1.29 is 9.53 Å². The molecular weight excluding hydrogens is 178 g/mol. The smallest absolute Gasteiger partial charge is 0.339 e. The molecule has 1 N–H and O–H groups in total. The van der Waals surface area contributed by atoms with E-state index in [9.17, 15) is 4.79 Å². The van der Waals surface area contributed by atoms with Gasteiger partial charge in [-0.2, -0.15) is 0 Å². The van der Waals surface area contributed by atoms with Crippen LogP contribution in [-0.4, -0.2) is 12.5 Å². The Kier molecular flexibility index (Phi) is 1.54. The normalized spacial score (nSPS) is 18.1. The van der Waals surface area contributed by atoms with Crippen LogP contribution in [0.5, 0.6) is 0 Å². The van der Waals surface area contributed by atoms with Crippen molar-refractivity contribution in [2.75, 3.05) is 11.9 Å². The highest BCUT2D eigenvalue weighted by Crippen LogP contribution is 2.32. The van der Waals surface area contributed by atoms with Gasteiger partial charge in [-0.3, -0.25) is 0 Å². The summed E-state index contributed by atoms with van der Waals surface area (Å²) in [5.41, 5.74) is 4.11. The molecule has 0 spiro atoms. The number of fused-ring (bicyclic) bond motifs is 3. The molecule has 3 nitrogen and oxygen atoms in total. The van der Waals surface area contributed by atoms with Gasteiger partial charge in [-0.15, -0.1) is 0 Å². The van der Waals surface area contributed by atoms with Gasteiger partial charge >= 0.3 is 5.97 Å². The van der Waals surface area contributed by atoms with Crippen LogP contribution < -0.4 is 5.32 Å². The van der Waals surface area contributed by atoms with Gasteiger partial charge in [0, 0.05) is 17.8 Å². The van der Waals surface area contributed by atoms with Crippen molar-refractivity contribution >= 4 is 11.7 Å². The number of carbonyl (C=O) groups is 1. The van der Waals surface area contributed by atoms with Crippen LogP contribution >= 0.6 is 0 Å². The van der Waals surface area contributed by atoms with E-state index in [-0.39, 0.29) is 5.97 Å². The van der Waals surface area contributed by atoms with Crippen LogP contribution in [-0.2, 0) is 17.8 Å². The van der Waals surface area contributed by atoms with E-state index in [4.69, 9.17) is 4.74 Å². The Balaban J connectivity index is 2.23. The van der Waals surface area contributed by atoms with Crippen molar-refractivity contribution in [2.45, 2.75) is 19.4 Å². The van der Waals surface area contributed by atoms with Gasteiger partial charge in [-0.1, -0.05) is 6.07 Å². The molecule has 2 aliphatic heterocycles. The third kappa shape index (κ3) is 0.953. The predicted octanol–water partition coefficient (Wildman–Crippen LogP) is 1.72. The number of ether oxygens (including phenoxy) is 1. The zero-order valence-electron chi connectivity index (χ0n) is 7.80. The molecule has 3 heteroatoms.